The summed E-state index contributed by atoms with van der Waals surface area (Å²) in [5.41, 5.74) is 2.23. The first kappa shape index (κ1) is 19.3. The zero-order valence-corrected chi connectivity index (χ0v) is 15.2. The van der Waals surface area contributed by atoms with Gasteiger partial charge in [0.15, 0.2) is 6.29 Å². The van der Waals surface area contributed by atoms with Crippen molar-refractivity contribution in [3.63, 3.8) is 0 Å². The maximum absolute atomic E-state index is 6.05. The van der Waals surface area contributed by atoms with Gasteiger partial charge in [0.2, 0.25) is 0 Å². The van der Waals surface area contributed by atoms with Crippen LogP contribution in [0.1, 0.15) is 11.1 Å². The van der Waals surface area contributed by atoms with Gasteiger partial charge in [0, 0.05) is 0 Å². The van der Waals surface area contributed by atoms with E-state index >= 15 is 0 Å². The van der Waals surface area contributed by atoms with E-state index in [2.05, 4.69) is 5.92 Å². The predicted molar refractivity (Wildman–Crippen MR) is 104 cm³/mol. The summed E-state index contributed by atoms with van der Waals surface area (Å²) in [4.78, 5) is 0. The molecule has 0 saturated heterocycles. The van der Waals surface area contributed by atoms with Gasteiger partial charge in [-0.25, -0.2) is 0 Å². The van der Waals surface area contributed by atoms with Gasteiger partial charge in [-0.15, -0.1) is 6.42 Å². The first-order chi connectivity index (χ1) is 13.3. The smallest absolute Gasteiger partial charge is 0.178 e. The highest BCUT2D eigenvalue weighted by molar-refractivity contribution is 5.14. The number of terminal acetylenes is 1. The van der Waals surface area contributed by atoms with Gasteiger partial charge < -0.3 is 18.9 Å². The molecule has 0 bridgehead atoms. The van der Waals surface area contributed by atoms with Crippen LogP contribution in [0.2, 0.25) is 0 Å². The number of hydrogen-bond donors (Lipinski definition) is 0. The van der Waals surface area contributed by atoms with Gasteiger partial charge in [-0.2, -0.15) is 0 Å². The fourth-order valence-corrected chi connectivity index (χ4v) is 2.78. The summed E-state index contributed by atoms with van der Waals surface area (Å²) in [7, 11) is 0. The van der Waals surface area contributed by atoms with Crippen molar-refractivity contribution in [2.24, 2.45) is 0 Å². The minimum Gasteiger partial charge on any atom is -0.374 e. The van der Waals surface area contributed by atoms with E-state index in [1.54, 1.807) is 0 Å². The number of hydrogen-bond acceptors (Lipinski definition) is 4. The Morgan fingerprint density at radius 2 is 1.52 bits per heavy atom. The van der Waals surface area contributed by atoms with Gasteiger partial charge in [0.1, 0.15) is 18.8 Å². The van der Waals surface area contributed by atoms with Crippen molar-refractivity contribution in [2.75, 3.05) is 13.2 Å². The Morgan fingerprint density at radius 1 is 0.852 bits per heavy atom. The average Bonchev–Trinajstić information content (AvgIpc) is 2.73. The summed E-state index contributed by atoms with van der Waals surface area (Å²) in [6.45, 7) is 1.62. The van der Waals surface area contributed by atoms with Gasteiger partial charge in [0.05, 0.1) is 19.8 Å². The van der Waals surface area contributed by atoms with Crippen molar-refractivity contribution >= 4 is 0 Å². The van der Waals surface area contributed by atoms with E-state index in [9.17, 15) is 0 Å². The number of ether oxygens (including phenoxy) is 4. The molecule has 0 aliphatic carbocycles. The summed E-state index contributed by atoms with van der Waals surface area (Å²) in [6, 6.07) is 20.1. The monoisotopic (exact) mass is 364 g/mol. The van der Waals surface area contributed by atoms with E-state index in [1.807, 2.05) is 72.8 Å². The fourth-order valence-electron chi connectivity index (χ4n) is 2.78. The standard InChI is InChI=1S/C23H24O4/c1-2-15-25-23-14-13-21(26-17-20-11-7-4-8-12-20)22(27-23)18-24-16-19-9-5-3-6-10-19/h1,3-14,21-23H,15-18H2/t21-,22+,23-/m0/s1. The lowest BCUT2D eigenvalue weighted by atomic mass is 10.1. The molecule has 0 fully saturated rings. The summed E-state index contributed by atoms with van der Waals surface area (Å²) < 4.78 is 23.4. The van der Waals surface area contributed by atoms with Crippen LogP contribution in [0.25, 0.3) is 0 Å². The number of rotatable bonds is 9. The average molecular weight is 364 g/mol. The van der Waals surface area contributed by atoms with Crippen molar-refractivity contribution in [1.29, 1.82) is 0 Å². The molecule has 2 aromatic rings. The Kier molecular flexibility index (Phi) is 7.64. The molecule has 1 aliphatic heterocycles. The summed E-state index contributed by atoms with van der Waals surface area (Å²) in [6.07, 6.45) is 8.08. The molecule has 0 amide bonds. The third-order valence-corrected chi connectivity index (χ3v) is 4.14. The zero-order chi connectivity index (χ0) is 18.7. The molecule has 1 heterocycles. The quantitative estimate of drug-likeness (QED) is 0.502. The Morgan fingerprint density at radius 3 is 2.19 bits per heavy atom. The summed E-state index contributed by atoms with van der Waals surface area (Å²) >= 11 is 0. The lowest BCUT2D eigenvalue weighted by molar-refractivity contribution is -0.190. The molecular weight excluding hydrogens is 340 g/mol. The molecule has 4 nitrogen and oxygen atoms in total. The molecular formula is C23H24O4. The topological polar surface area (TPSA) is 36.9 Å². The highest BCUT2D eigenvalue weighted by Gasteiger charge is 2.28. The van der Waals surface area contributed by atoms with E-state index in [4.69, 9.17) is 25.4 Å². The van der Waals surface area contributed by atoms with Gasteiger partial charge in [-0.3, -0.25) is 0 Å². The zero-order valence-electron chi connectivity index (χ0n) is 15.2. The maximum Gasteiger partial charge on any atom is 0.178 e. The van der Waals surface area contributed by atoms with Crippen LogP contribution >= 0.6 is 0 Å². The van der Waals surface area contributed by atoms with E-state index in [0.29, 0.717) is 19.8 Å². The van der Waals surface area contributed by atoms with Crippen molar-refractivity contribution in [1.82, 2.24) is 0 Å². The molecule has 3 atom stereocenters. The predicted octanol–water partition coefficient (Wildman–Crippen LogP) is 3.72. The molecule has 3 rings (SSSR count). The molecule has 0 unspecified atom stereocenters. The molecule has 0 radical (unpaired) electrons. The van der Waals surface area contributed by atoms with E-state index in [1.165, 1.54) is 0 Å². The Labute approximate surface area is 160 Å². The normalized spacial score (nSPS) is 21.7. The second-order valence-corrected chi connectivity index (χ2v) is 6.20. The van der Waals surface area contributed by atoms with Crippen LogP contribution in [0, 0.1) is 12.3 Å². The van der Waals surface area contributed by atoms with E-state index < -0.39 is 6.29 Å². The SMILES string of the molecule is C#CCO[C@@H]1C=C[C@H](OCc2ccccc2)[C@@H](COCc2ccccc2)O1. The maximum atomic E-state index is 6.05. The van der Waals surface area contributed by atoms with Crippen LogP contribution in [-0.2, 0) is 32.2 Å². The highest BCUT2D eigenvalue weighted by atomic mass is 16.7. The minimum absolute atomic E-state index is 0.197. The van der Waals surface area contributed by atoms with Crippen LogP contribution in [0.5, 0.6) is 0 Å². The van der Waals surface area contributed by atoms with Crippen molar-refractivity contribution in [3.05, 3.63) is 83.9 Å². The summed E-state index contributed by atoms with van der Waals surface area (Å²) in [5.74, 6) is 2.45. The summed E-state index contributed by atoms with van der Waals surface area (Å²) in [5, 5.41) is 0. The molecule has 0 saturated carbocycles. The van der Waals surface area contributed by atoms with E-state index in [0.717, 1.165) is 11.1 Å². The van der Waals surface area contributed by atoms with Crippen molar-refractivity contribution < 1.29 is 18.9 Å². The first-order valence-corrected chi connectivity index (χ1v) is 9.01. The third kappa shape index (κ3) is 6.35. The lowest BCUT2D eigenvalue weighted by Gasteiger charge is -2.32. The van der Waals surface area contributed by atoms with Crippen LogP contribution in [0.15, 0.2) is 72.8 Å². The molecule has 27 heavy (non-hydrogen) atoms. The van der Waals surface area contributed by atoms with Crippen molar-refractivity contribution in [3.8, 4) is 12.3 Å². The lowest BCUT2D eigenvalue weighted by Crippen LogP contribution is -2.41. The van der Waals surface area contributed by atoms with E-state index in [-0.39, 0.29) is 18.8 Å². The number of benzene rings is 2. The second kappa shape index (κ2) is 10.7. The van der Waals surface area contributed by atoms with Crippen molar-refractivity contribution in [2.45, 2.75) is 31.7 Å². The molecule has 1 aliphatic rings. The highest BCUT2D eigenvalue weighted by Crippen LogP contribution is 2.19. The van der Waals surface area contributed by atoms with Crippen LogP contribution in [-0.4, -0.2) is 31.7 Å². The first-order valence-electron chi connectivity index (χ1n) is 9.01. The van der Waals surface area contributed by atoms with Crippen LogP contribution in [0.4, 0.5) is 0 Å². The van der Waals surface area contributed by atoms with Gasteiger partial charge in [0.25, 0.3) is 0 Å². The van der Waals surface area contributed by atoms with Gasteiger partial charge >= 0.3 is 0 Å². The Hall–Kier alpha value is -2.42. The molecule has 2 aromatic carbocycles. The minimum atomic E-state index is -0.483. The van der Waals surface area contributed by atoms with Crippen LogP contribution < -0.4 is 0 Å². The van der Waals surface area contributed by atoms with Crippen LogP contribution in [0.3, 0.4) is 0 Å². The van der Waals surface area contributed by atoms with Gasteiger partial charge in [-0.1, -0.05) is 72.7 Å². The Balaban J connectivity index is 1.56. The van der Waals surface area contributed by atoms with Gasteiger partial charge in [-0.05, 0) is 17.2 Å². The third-order valence-electron chi connectivity index (χ3n) is 4.14. The Bertz CT molecular complexity index is 736. The second-order valence-electron chi connectivity index (χ2n) is 6.20. The molecule has 0 spiro atoms. The molecule has 140 valence electrons. The molecule has 4 heteroatoms. The largest absolute Gasteiger partial charge is 0.374 e. The fraction of sp³-hybridized carbons (Fsp3) is 0.304. The molecule has 0 aromatic heterocycles. The molecule has 0 N–H and O–H groups in total.